The van der Waals surface area contributed by atoms with Crippen molar-refractivity contribution in [1.29, 1.82) is 0 Å². The fourth-order valence-corrected chi connectivity index (χ4v) is 3.70. The molecule has 0 bridgehead atoms. The van der Waals surface area contributed by atoms with Crippen molar-refractivity contribution in [1.82, 2.24) is 4.98 Å². The van der Waals surface area contributed by atoms with Crippen molar-refractivity contribution in [2.24, 2.45) is 0 Å². The fraction of sp³-hybridized carbons (Fsp3) is 0.400. The molecule has 1 aliphatic heterocycles. The van der Waals surface area contributed by atoms with Gasteiger partial charge in [0.05, 0.1) is 0 Å². The number of hydrogen-bond acceptors (Lipinski definition) is 4. The van der Waals surface area contributed by atoms with Gasteiger partial charge in [0.2, 0.25) is 6.79 Å². The number of Topliss-reactive ketones (excluding diaryl/α,β-unsaturated/α-hetero) is 1. The van der Waals surface area contributed by atoms with Crippen molar-refractivity contribution < 1.29 is 14.3 Å². The van der Waals surface area contributed by atoms with Crippen LogP contribution < -0.4 is 9.47 Å². The molecule has 0 aliphatic carbocycles. The van der Waals surface area contributed by atoms with E-state index in [9.17, 15) is 4.79 Å². The van der Waals surface area contributed by atoms with Crippen LogP contribution in [0.1, 0.15) is 55.8 Å². The number of carbonyl (C=O) groups excluding carboxylic acids is 1. The van der Waals surface area contributed by atoms with Gasteiger partial charge >= 0.3 is 0 Å². The van der Waals surface area contributed by atoms with Crippen LogP contribution in [0.5, 0.6) is 11.5 Å². The summed E-state index contributed by atoms with van der Waals surface area (Å²) in [5, 5.41) is 0. The molecule has 4 nitrogen and oxygen atoms in total. The largest absolute Gasteiger partial charge is 0.454 e. The minimum absolute atomic E-state index is 0.0610. The molecule has 3 rings (SSSR count). The molecule has 1 aromatic heterocycles. The first-order valence-corrected chi connectivity index (χ1v) is 9.42. The van der Waals surface area contributed by atoms with Crippen molar-refractivity contribution in [3.05, 3.63) is 51.8 Å². The molecule has 2 aromatic rings. The van der Waals surface area contributed by atoms with Crippen molar-refractivity contribution in [2.45, 2.75) is 45.4 Å². The van der Waals surface area contributed by atoms with Gasteiger partial charge in [-0.15, -0.1) is 0 Å². The van der Waals surface area contributed by atoms with E-state index in [-0.39, 0.29) is 18.5 Å². The molecule has 0 N–H and O–H groups in total. The van der Waals surface area contributed by atoms with Gasteiger partial charge in [0.15, 0.2) is 11.5 Å². The number of carbonyl (C=O) groups is 1. The summed E-state index contributed by atoms with van der Waals surface area (Å²) in [4.78, 5) is 16.5. The van der Waals surface area contributed by atoms with Gasteiger partial charge in [-0.25, -0.2) is 4.98 Å². The van der Waals surface area contributed by atoms with Crippen LogP contribution in [0.4, 0.5) is 0 Å². The fourth-order valence-electron chi connectivity index (χ4n) is 3.06. The van der Waals surface area contributed by atoms with Gasteiger partial charge in [-0.3, -0.25) is 4.79 Å². The molecule has 0 fully saturated rings. The zero-order valence-corrected chi connectivity index (χ0v) is 16.1. The minimum atomic E-state index is -0.0610. The number of nitrogens with zero attached hydrogens (tertiary/aromatic N) is 1. The number of fused-ring (bicyclic) bond motifs is 1. The Labute approximate surface area is 156 Å². The molecule has 0 saturated carbocycles. The molecular weight excluding hydrogens is 382 g/mol. The molecule has 25 heavy (non-hydrogen) atoms. The van der Waals surface area contributed by atoms with Gasteiger partial charge in [0, 0.05) is 18.0 Å². The zero-order chi connectivity index (χ0) is 17.8. The van der Waals surface area contributed by atoms with Crippen LogP contribution in [0.3, 0.4) is 0 Å². The summed E-state index contributed by atoms with van der Waals surface area (Å²) in [6.45, 7) is 4.04. The lowest BCUT2D eigenvalue weighted by molar-refractivity contribution is -0.117. The second-order valence-corrected chi connectivity index (χ2v) is 7.11. The Morgan fingerprint density at radius 2 is 2.04 bits per heavy atom. The number of halogens is 1. The summed E-state index contributed by atoms with van der Waals surface area (Å²) in [5.74, 6) is 1.56. The number of benzene rings is 1. The number of aromatic nitrogens is 1. The lowest BCUT2D eigenvalue weighted by Crippen LogP contribution is -2.08. The monoisotopic (exact) mass is 403 g/mol. The Hall–Kier alpha value is -1.88. The molecule has 0 spiro atoms. The van der Waals surface area contributed by atoms with E-state index in [1.165, 1.54) is 0 Å². The lowest BCUT2D eigenvalue weighted by Gasteiger charge is -2.19. The number of aryl methyl sites for hydroxylation is 1. The number of hydrogen-bond donors (Lipinski definition) is 0. The van der Waals surface area contributed by atoms with Crippen molar-refractivity contribution >= 4 is 21.7 Å². The number of ketones is 1. The highest BCUT2D eigenvalue weighted by molar-refractivity contribution is 9.10. The topological polar surface area (TPSA) is 48.4 Å². The Balaban J connectivity index is 1.94. The van der Waals surface area contributed by atoms with Crippen LogP contribution in [-0.4, -0.2) is 17.6 Å². The highest BCUT2D eigenvalue weighted by atomic mass is 79.9. The van der Waals surface area contributed by atoms with E-state index in [0.717, 1.165) is 52.2 Å². The maximum absolute atomic E-state index is 11.9. The summed E-state index contributed by atoms with van der Waals surface area (Å²) in [6, 6.07) is 10.0. The Morgan fingerprint density at radius 1 is 1.24 bits per heavy atom. The van der Waals surface area contributed by atoms with Crippen molar-refractivity contribution in [3.8, 4) is 11.5 Å². The smallest absolute Gasteiger partial charge is 0.231 e. The first kappa shape index (κ1) is 17.9. The number of rotatable bonds is 7. The Morgan fingerprint density at radius 3 is 2.76 bits per heavy atom. The van der Waals surface area contributed by atoms with Crippen LogP contribution >= 0.6 is 15.9 Å². The molecular formula is C20H22BrNO3. The summed E-state index contributed by atoms with van der Waals surface area (Å²) in [7, 11) is 0. The summed E-state index contributed by atoms with van der Waals surface area (Å²) in [5.41, 5.74) is 3.13. The third-order valence-electron chi connectivity index (χ3n) is 4.39. The Bertz CT molecular complexity index is 776. The third-order valence-corrected chi connectivity index (χ3v) is 5.02. The standard InChI is InChI=1S/C20H22BrNO3/c1-3-4-5-15-7-8-16(20(21)22-15)17(10-13(2)23)14-6-9-18-19(11-14)25-12-24-18/h6-9,11,17H,3-5,10,12H2,1-2H3/t17-/m0/s1. The highest BCUT2D eigenvalue weighted by Crippen LogP contribution is 2.39. The molecule has 0 saturated heterocycles. The summed E-state index contributed by atoms with van der Waals surface area (Å²) < 4.78 is 11.7. The van der Waals surface area contributed by atoms with Crippen LogP contribution in [0.15, 0.2) is 34.9 Å². The zero-order valence-electron chi connectivity index (χ0n) is 14.5. The number of unbranched alkanes of at least 4 members (excludes halogenated alkanes) is 1. The first-order chi connectivity index (χ1) is 12.1. The van der Waals surface area contributed by atoms with E-state index >= 15 is 0 Å². The van der Waals surface area contributed by atoms with Gasteiger partial charge in [0.1, 0.15) is 10.4 Å². The van der Waals surface area contributed by atoms with E-state index in [4.69, 9.17) is 9.47 Å². The molecule has 1 atom stereocenters. The Kier molecular flexibility index (Phi) is 5.74. The number of pyridine rings is 1. The lowest BCUT2D eigenvalue weighted by atomic mass is 9.88. The van der Waals surface area contributed by atoms with E-state index in [1.807, 2.05) is 18.2 Å². The average molecular weight is 404 g/mol. The van der Waals surface area contributed by atoms with E-state index in [2.05, 4.69) is 40.0 Å². The summed E-state index contributed by atoms with van der Waals surface area (Å²) in [6.07, 6.45) is 3.66. The van der Waals surface area contributed by atoms with Crippen LogP contribution in [0.25, 0.3) is 0 Å². The van der Waals surface area contributed by atoms with Crippen LogP contribution in [-0.2, 0) is 11.2 Å². The van der Waals surface area contributed by atoms with Crippen molar-refractivity contribution in [3.63, 3.8) is 0 Å². The third kappa shape index (κ3) is 4.21. The minimum Gasteiger partial charge on any atom is -0.454 e. The molecule has 0 radical (unpaired) electrons. The van der Waals surface area contributed by atoms with Crippen LogP contribution in [0, 0.1) is 0 Å². The first-order valence-electron chi connectivity index (χ1n) is 8.62. The van der Waals surface area contributed by atoms with Crippen LogP contribution in [0.2, 0.25) is 0 Å². The SMILES string of the molecule is CCCCc1ccc([C@@H](CC(C)=O)c2ccc3c(c2)OCO3)c(Br)n1. The molecule has 0 amide bonds. The maximum Gasteiger partial charge on any atom is 0.231 e. The average Bonchev–Trinajstić information content (AvgIpc) is 3.06. The quantitative estimate of drug-likeness (QED) is 0.608. The van der Waals surface area contributed by atoms with Crippen molar-refractivity contribution in [2.75, 3.05) is 6.79 Å². The predicted octanol–water partition coefficient (Wildman–Crippen LogP) is 5.03. The molecule has 5 heteroatoms. The number of ether oxygens (including phenoxy) is 2. The molecule has 1 aliphatic rings. The predicted molar refractivity (Wildman–Crippen MR) is 100 cm³/mol. The normalized spacial score (nSPS) is 13.7. The van der Waals surface area contributed by atoms with Gasteiger partial charge in [0.25, 0.3) is 0 Å². The summed E-state index contributed by atoms with van der Waals surface area (Å²) >= 11 is 3.61. The molecule has 1 aromatic carbocycles. The molecule has 132 valence electrons. The van der Waals surface area contributed by atoms with E-state index in [0.29, 0.717) is 6.42 Å². The van der Waals surface area contributed by atoms with Gasteiger partial charge < -0.3 is 9.47 Å². The molecule has 0 unspecified atom stereocenters. The maximum atomic E-state index is 11.9. The van der Waals surface area contributed by atoms with Gasteiger partial charge in [-0.2, -0.15) is 0 Å². The van der Waals surface area contributed by atoms with Gasteiger partial charge in [-0.05, 0) is 65.0 Å². The highest BCUT2D eigenvalue weighted by Gasteiger charge is 2.23. The van der Waals surface area contributed by atoms with E-state index < -0.39 is 0 Å². The molecule has 2 heterocycles. The van der Waals surface area contributed by atoms with Gasteiger partial charge in [-0.1, -0.05) is 25.5 Å². The second-order valence-electron chi connectivity index (χ2n) is 6.36. The van der Waals surface area contributed by atoms with E-state index in [1.54, 1.807) is 6.92 Å². The second kappa shape index (κ2) is 8.00.